The Bertz CT molecular complexity index is 121. The normalized spacial score (nSPS) is 11.6. The van der Waals surface area contributed by atoms with Crippen molar-refractivity contribution in [3.8, 4) is 0 Å². The van der Waals surface area contributed by atoms with Gasteiger partial charge in [-0.2, -0.15) is 4.91 Å². The molecule has 0 rings (SSSR count). The van der Waals surface area contributed by atoms with Gasteiger partial charge >= 0.3 is 0 Å². The highest BCUT2D eigenvalue weighted by atomic mass is 16.3. The number of unbranched alkanes of at least 4 members (excludes halogenated alkanes) is 1. The summed E-state index contributed by atoms with van der Waals surface area (Å²) in [5, 5.41) is 2.87. The highest BCUT2D eigenvalue weighted by Gasteiger charge is 2.15. The van der Waals surface area contributed by atoms with Crippen LogP contribution >= 0.6 is 0 Å². The molecular formula is C10H21NO. The third-order valence-corrected chi connectivity index (χ3v) is 2.31. The lowest BCUT2D eigenvalue weighted by molar-refractivity contribution is 0.292. The molecule has 0 bridgehead atoms. The lowest BCUT2D eigenvalue weighted by Crippen LogP contribution is -2.11. The minimum atomic E-state index is 0.403. The summed E-state index contributed by atoms with van der Waals surface area (Å²) in [4.78, 5) is 9.85. The molecule has 0 unspecified atom stereocenters. The molecule has 72 valence electrons. The molecule has 2 heteroatoms. The van der Waals surface area contributed by atoms with Crippen molar-refractivity contribution in [2.45, 2.75) is 52.9 Å². The fourth-order valence-corrected chi connectivity index (χ4v) is 1.40. The summed E-state index contributed by atoms with van der Waals surface area (Å²) in [6.45, 7) is 7.24. The van der Waals surface area contributed by atoms with E-state index in [1.54, 1.807) is 0 Å². The van der Waals surface area contributed by atoms with Gasteiger partial charge in [-0.05, 0) is 24.7 Å². The van der Waals surface area contributed by atoms with Gasteiger partial charge in [-0.3, -0.25) is 0 Å². The van der Waals surface area contributed by atoms with Crippen molar-refractivity contribution in [1.82, 2.24) is 0 Å². The molecule has 0 aliphatic carbocycles. The third kappa shape index (κ3) is 6.32. The highest BCUT2D eigenvalue weighted by Crippen LogP contribution is 2.28. The van der Waals surface area contributed by atoms with Crippen LogP contribution < -0.4 is 0 Å². The molecule has 0 spiro atoms. The van der Waals surface area contributed by atoms with E-state index in [1.807, 2.05) is 0 Å². The fourth-order valence-electron chi connectivity index (χ4n) is 1.40. The molecule has 0 aromatic rings. The van der Waals surface area contributed by atoms with Crippen LogP contribution in [0.2, 0.25) is 0 Å². The first-order chi connectivity index (χ1) is 5.62. The molecule has 0 aliphatic rings. The van der Waals surface area contributed by atoms with Gasteiger partial charge in [0.2, 0.25) is 0 Å². The molecule has 0 heterocycles. The van der Waals surface area contributed by atoms with Crippen LogP contribution in [0.15, 0.2) is 5.18 Å². The smallest absolute Gasteiger partial charge is 0.0811 e. The van der Waals surface area contributed by atoms with Crippen molar-refractivity contribution >= 4 is 0 Å². The van der Waals surface area contributed by atoms with E-state index in [2.05, 4.69) is 25.9 Å². The molecule has 0 amide bonds. The average molecular weight is 171 g/mol. The van der Waals surface area contributed by atoms with Crippen molar-refractivity contribution < 1.29 is 0 Å². The zero-order valence-corrected chi connectivity index (χ0v) is 8.60. The van der Waals surface area contributed by atoms with Crippen LogP contribution in [0.3, 0.4) is 0 Å². The SMILES string of the molecule is CCCCC(C)(C)CCCN=O. The van der Waals surface area contributed by atoms with Gasteiger partial charge in [-0.1, -0.05) is 38.8 Å². The molecule has 0 aromatic heterocycles. The Labute approximate surface area is 75.7 Å². The van der Waals surface area contributed by atoms with E-state index in [1.165, 1.54) is 19.3 Å². The van der Waals surface area contributed by atoms with E-state index >= 15 is 0 Å². The number of hydrogen-bond acceptors (Lipinski definition) is 2. The maximum Gasteiger partial charge on any atom is 0.0811 e. The van der Waals surface area contributed by atoms with Crippen molar-refractivity contribution in [2.75, 3.05) is 6.54 Å². The number of hydrogen-bond donors (Lipinski definition) is 0. The zero-order chi connectivity index (χ0) is 9.45. The summed E-state index contributed by atoms with van der Waals surface area (Å²) >= 11 is 0. The Morgan fingerprint density at radius 3 is 2.25 bits per heavy atom. The monoisotopic (exact) mass is 171 g/mol. The second-order valence-corrected chi connectivity index (χ2v) is 4.22. The van der Waals surface area contributed by atoms with Crippen molar-refractivity contribution in [3.05, 3.63) is 4.91 Å². The molecule has 2 nitrogen and oxygen atoms in total. The molecule has 12 heavy (non-hydrogen) atoms. The molecule has 0 saturated carbocycles. The van der Waals surface area contributed by atoms with Crippen LogP contribution in [0.4, 0.5) is 0 Å². The van der Waals surface area contributed by atoms with Gasteiger partial charge in [0, 0.05) is 0 Å². The molecular weight excluding hydrogens is 150 g/mol. The average Bonchev–Trinajstić information content (AvgIpc) is 2.01. The summed E-state index contributed by atoms with van der Waals surface area (Å²) < 4.78 is 0. The Morgan fingerprint density at radius 1 is 1.17 bits per heavy atom. The molecule has 0 N–H and O–H groups in total. The standard InChI is InChI=1S/C10H21NO/c1-4-5-7-10(2,3)8-6-9-11-12/h4-9H2,1-3H3. The summed E-state index contributed by atoms with van der Waals surface area (Å²) in [6, 6.07) is 0. The van der Waals surface area contributed by atoms with Gasteiger partial charge in [0.25, 0.3) is 0 Å². The first-order valence-corrected chi connectivity index (χ1v) is 4.91. The van der Waals surface area contributed by atoms with Crippen LogP contribution in [-0.2, 0) is 0 Å². The predicted octanol–water partition coefficient (Wildman–Crippen LogP) is 3.75. The van der Waals surface area contributed by atoms with E-state index < -0.39 is 0 Å². The van der Waals surface area contributed by atoms with Crippen molar-refractivity contribution in [2.24, 2.45) is 10.6 Å². The summed E-state index contributed by atoms with van der Waals surface area (Å²) in [7, 11) is 0. The van der Waals surface area contributed by atoms with Crippen LogP contribution in [0, 0.1) is 10.3 Å². The molecule has 0 atom stereocenters. The third-order valence-electron chi connectivity index (χ3n) is 2.31. The van der Waals surface area contributed by atoms with E-state index in [4.69, 9.17) is 0 Å². The minimum absolute atomic E-state index is 0.403. The van der Waals surface area contributed by atoms with Crippen LogP contribution in [0.25, 0.3) is 0 Å². The zero-order valence-electron chi connectivity index (χ0n) is 8.60. The van der Waals surface area contributed by atoms with Gasteiger partial charge in [-0.25, -0.2) is 0 Å². The molecule has 0 saturated heterocycles. The largest absolute Gasteiger partial charge is 0.151 e. The van der Waals surface area contributed by atoms with Crippen LogP contribution in [-0.4, -0.2) is 6.54 Å². The number of rotatable bonds is 7. The summed E-state index contributed by atoms with van der Waals surface area (Å²) in [5.74, 6) is 0. The quantitative estimate of drug-likeness (QED) is 0.423. The summed E-state index contributed by atoms with van der Waals surface area (Å²) in [6.07, 6.45) is 5.89. The van der Waals surface area contributed by atoms with Gasteiger partial charge in [-0.15, -0.1) is 0 Å². The van der Waals surface area contributed by atoms with Crippen LogP contribution in [0.1, 0.15) is 52.9 Å². The van der Waals surface area contributed by atoms with Gasteiger partial charge < -0.3 is 0 Å². The van der Waals surface area contributed by atoms with Crippen molar-refractivity contribution in [3.63, 3.8) is 0 Å². The first kappa shape index (κ1) is 11.6. The fraction of sp³-hybridized carbons (Fsp3) is 1.00. The summed E-state index contributed by atoms with van der Waals surface area (Å²) in [5.41, 5.74) is 0.403. The lowest BCUT2D eigenvalue weighted by Gasteiger charge is -2.23. The topological polar surface area (TPSA) is 29.4 Å². The van der Waals surface area contributed by atoms with Gasteiger partial charge in [0.15, 0.2) is 0 Å². The maximum atomic E-state index is 9.85. The second kappa shape index (κ2) is 6.15. The van der Waals surface area contributed by atoms with Gasteiger partial charge in [0.1, 0.15) is 0 Å². The number of nitroso groups, excluding NO2 is 1. The highest BCUT2D eigenvalue weighted by molar-refractivity contribution is 4.68. The Hall–Kier alpha value is -0.400. The molecule has 0 aromatic carbocycles. The van der Waals surface area contributed by atoms with E-state index in [-0.39, 0.29) is 0 Å². The van der Waals surface area contributed by atoms with E-state index in [0.717, 1.165) is 12.8 Å². The van der Waals surface area contributed by atoms with E-state index in [0.29, 0.717) is 12.0 Å². The second-order valence-electron chi connectivity index (χ2n) is 4.22. The van der Waals surface area contributed by atoms with E-state index in [9.17, 15) is 4.91 Å². The van der Waals surface area contributed by atoms with Gasteiger partial charge in [0.05, 0.1) is 6.54 Å². The molecule has 0 fully saturated rings. The Morgan fingerprint density at radius 2 is 1.75 bits per heavy atom. The van der Waals surface area contributed by atoms with Crippen molar-refractivity contribution in [1.29, 1.82) is 0 Å². The molecule has 0 radical (unpaired) electrons. The molecule has 0 aliphatic heterocycles. The Kier molecular flexibility index (Phi) is 5.95. The predicted molar refractivity (Wildman–Crippen MR) is 53.2 cm³/mol. The lowest BCUT2D eigenvalue weighted by atomic mass is 9.83. The first-order valence-electron chi connectivity index (χ1n) is 4.91. The number of nitrogens with zero attached hydrogens (tertiary/aromatic N) is 1. The van der Waals surface area contributed by atoms with Crippen LogP contribution in [0.5, 0.6) is 0 Å². The maximum absolute atomic E-state index is 9.85. The Balaban J connectivity index is 3.48. The minimum Gasteiger partial charge on any atom is -0.151 e.